The number of nitrogens with zero attached hydrogens (tertiary/aromatic N) is 2. The van der Waals surface area contributed by atoms with E-state index in [0.29, 0.717) is 27.9 Å². The molecule has 3 rings (SSSR count). The maximum atomic E-state index is 13.7. The summed E-state index contributed by atoms with van der Waals surface area (Å²) < 4.78 is 41.1. The number of amides is 1. The van der Waals surface area contributed by atoms with Gasteiger partial charge in [0.05, 0.1) is 24.4 Å². The Hall–Kier alpha value is -3.19. The van der Waals surface area contributed by atoms with Crippen molar-refractivity contribution in [2.24, 2.45) is 0 Å². The minimum atomic E-state index is -4.47. The first-order valence-corrected chi connectivity index (χ1v) is 10.2. The van der Waals surface area contributed by atoms with Crippen molar-refractivity contribution >= 4 is 23.6 Å². The molecule has 0 aliphatic heterocycles. The Morgan fingerprint density at radius 3 is 2.56 bits per heavy atom. The summed E-state index contributed by atoms with van der Waals surface area (Å²) in [6.07, 6.45) is 2.67. The van der Waals surface area contributed by atoms with Crippen molar-refractivity contribution in [3.63, 3.8) is 0 Å². The van der Waals surface area contributed by atoms with Crippen LogP contribution >= 0.6 is 11.6 Å². The zero-order chi connectivity index (χ0) is 23.3. The number of allylic oxidation sites excluding steroid dienone is 1. The highest BCUT2D eigenvalue weighted by Gasteiger charge is 2.39. The summed E-state index contributed by atoms with van der Waals surface area (Å²) in [4.78, 5) is 20.5. The predicted octanol–water partition coefficient (Wildman–Crippen LogP) is 6.04. The normalized spacial score (nSPS) is 12.7. The van der Waals surface area contributed by atoms with Crippen LogP contribution in [-0.2, 0) is 6.54 Å². The lowest BCUT2D eigenvalue weighted by Crippen LogP contribution is -2.24. The van der Waals surface area contributed by atoms with E-state index in [4.69, 9.17) is 11.6 Å². The van der Waals surface area contributed by atoms with Gasteiger partial charge in [0, 0.05) is 23.0 Å². The third-order valence-corrected chi connectivity index (χ3v) is 5.02. The molecule has 0 saturated carbocycles. The Labute approximate surface area is 189 Å². The van der Waals surface area contributed by atoms with E-state index in [1.165, 1.54) is 24.4 Å². The molecule has 8 heteroatoms. The summed E-state index contributed by atoms with van der Waals surface area (Å²) in [7, 11) is 0. The number of hydrogen-bond donors (Lipinski definition) is 1. The van der Waals surface area contributed by atoms with Crippen LogP contribution in [0.15, 0.2) is 61.1 Å². The second-order valence-electron chi connectivity index (χ2n) is 7.39. The van der Waals surface area contributed by atoms with Crippen LogP contribution in [0.3, 0.4) is 0 Å². The van der Waals surface area contributed by atoms with Crippen molar-refractivity contribution in [2.45, 2.75) is 32.5 Å². The smallest absolute Gasteiger partial charge is 0.346 e. The van der Waals surface area contributed by atoms with Crippen LogP contribution in [0.2, 0.25) is 5.02 Å². The fraction of sp³-hybridized carbons (Fsp3) is 0.208. The number of carbonyl (C=O) groups is 1. The topological polar surface area (TPSA) is 54.9 Å². The van der Waals surface area contributed by atoms with Gasteiger partial charge >= 0.3 is 6.18 Å². The summed E-state index contributed by atoms with van der Waals surface area (Å²) in [6.45, 7) is 3.65. The van der Waals surface area contributed by atoms with Crippen LogP contribution in [0, 0.1) is 13.8 Å². The molecule has 1 heterocycles. The van der Waals surface area contributed by atoms with E-state index < -0.39 is 12.1 Å². The van der Waals surface area contributed by atoms with Crippen LogP contribution in [0.1, 0.15) is 44.2 Å². The summed E-state index contributed by atoms with van der Waals surface area (Å²) in [5, 5.41) is 3.02. The third kappa shape index (κ3) is 6.17. The van der Waals surface area contributed by atoms with Gasteiger partial charge in [-0.2, -0.15) is 13.2 Å². The largest absolute Gasteiger partial charge is 0.399 e. The number of halogens is 4. The minimum Gasteiger partial charge on any atom is -0.346 e. The molecule has 0 saturated heterocycles. The first-order chi connectivity index (χ1) is 15.1. The number of carbonyl (C=O) groups excluding carboxylic acids is 1. The van der Waals surface area contributed by atoms with E-state index in [2.05, 4.69) is 15.3 Å². The first-order valence-electron chi connectivity index (χ1n) is 9.79. The zero-order valence-corrected chi connectivity index (χ0v) is 18.2. The fourth-order valence-electron chi connectivity index (χ4n) is 3.29. The van der Waals surface area contributed by atoms with Crippen molar-refractivity contribution in [3.8, 4) is 0 Å². The summed E-state index contributed by atoms with van der Waals surface area (Å²) >= 11 is 5.96. The van der Waals surface area contributed by atoms with Crippen molar-refractivity contribution in [3.05, 3.63) is 99.6 Å². The molecule has 1 aromatic heterocycles. The maximum Gasteiger partial charge on any atom is 0.399 e. The van der Waals surface area contributed by atoms with Crippen molar-refractivity contribution in [1.82, 2.24) is 15.3 Å². The van der Waals surface area contributed by atoms with E-state index in [1.54, 1.807) is 50.5 Å². The Balaban J connectivity index is 1.77. The molecule has 1 amide bonds. The number of benzene rings is 2. The molecule has 0 aliphatic rings. The lowest BCUT2D eigenvalue weighted by atomic mass is 9.95. The second-order valence-corrected chi connectivity index (χ2v) is 7.83. The van der Waals surface area contributed by atoms with Gasteiger partial charge in [0.15, 0.2) is 0 Å². The molecule has 1 unspecified atom stereocenters. The number of rotatable bonds is 6. The van der Waals surface area contributed by atoms with Crippen molar-refractivity contribution in [2.75, 3.05) is 0 Å². The van der Waals surface area contributed by atoms with Crippen LogP contribution < -0.4 is 5.32 Å². The lowest BCUT2D eigenvalue weighted by Gasteiger charge is -2.18. The van der Waals surface area contributed by atoms with Gasteiger partial charge in [-0.05, 0) is 54.3 Å². The summed E-state index contributed by atoms with van der Waals surface area (Å²) in [5.41, 5.74) is 2.99. The molecule has 0 radical (unpaired) electrons. The monoisotopic (exact) mass is 459 g/mol. The number of alkyl halides is 3. The minimum absolute atomic E-state index is 0.0791. The van der Waals surface area contributed by atoms with Gasteiger partial charge in [0.25, 0.3) is 5.91 Å². The van der Waals surface area contributed by atoms with Gasteiger partial charge in [-0.25, -0.2) is 0 Å². The molecule has 166 valence electrons. The second kappa shape index (κ2) is 9.96. The molecule has 4 nitrogen and oxygen atoms in total. The Morgan fingerprint density at radius 2 is 1.94 bits per heavy atom. The molecule has 3 aromatic rings. The zero-order valence-electron chi connectivity index (χ0n) is 17.4. The number of aromatic nitrogens is 2. The summed E-state index contributed by atoms with van der Waals surface area (Å²) in [6, 6.07) is 9.28. The fourth-order valence-corrected chi connectivity index (χ4v) is 3.59. The predicted molar refractivity (Wildman–Crippen MR) is 118 cm³/mol. The van der Waals surface area contributed by atoms with E-state index >= 15 is 0 Å². The molecule has 1 atom stereocenters. The molecule has 0 bridgehead atoms. The molecular weight excluding hydrogens is 439 g/mol. The average molecular weight is 460 g/mol. The number of hydrogen-bond acceptors (Lipinski definition) is 3. The maximum absolute atomic E-state index is 13.7. The Bertz CT molecular complexity index is 1110. The van der Waals surface area contributed by atoms with Crippen LogP contribution in [0.4, 0.5) is 13.2 Å². The van der Waals surface area contributed by atoms with E-state index in [0.717, 1.165) is 6.08 Å². The molecule has 2 aromatic carbocycles. The number of nitrogens with one attached hydrogen (secondary N) is 1. The third-order valence-electron chi connectivity index (χ3n) is 4.80. The highest BCUT2D eigenvalue weighted by atomic mass is 35.5. The van der Waals surface area contributed by atoms with Gasteiger partial charge in [0.1, 0.15) is 0 Å². The average Bonchev–Trinajstić information content (AvgIpc) is 2.71. The number of aryl methyl sites for hydroxylation is 2. The van der Waals surface area contributed by atoms with Gasteiger partial charge in [-0.15, -0.1) is 0 Å². The molecule has 0 aliphatic carbocycles. The molecule has 0 fully saturated rings. The van der Waals surface area contributed by atoms with Crippen LogP contribution in [0.5, 0.6) is 0 Å². The van der Waals surface area contributed by atoms with Crippen LogP contribution in [0.25, 0.3) is 6.08 Å². The molecule has 0 spiro atoms. The van der Waals surface area contributed by atoms with Crippen molar-refractivity contribution < 1.29 is 18.0 Å². The van der Waals surface area contributed by atoms with Gasteiger partial charge < -0.3 is 5.32 Å². The first kappa shape index (κ1) is 23.5. The molecule has 1 N–H and O–H groups in total. The van der Waals surface area contributed by atoms with Gasteiger partial charge in [0.2, 0.25) is 0 Å². The lowest BCUT2D eigenvalue weighted by molar-refractivity contribution is -0.139. The Morgan fingerprint density at radius 1 is 1.16 bits per heavy atom. The van der Waals surface area contributed by atoms with E-state index in [1.807, 2.05) is 0 Å². The van der Waals surface area contributed by atoms with Crippen molar-refractivity contribution in [1.29, 1.82) is 0 Å². The summed E-state index contributed by atoms with van der Waals surface area (Å²) in [5.74, 6) is -2.10. The standard InChI is InChI=1S/C24H21ClF3N3O/c1-15-9-18(12-19(25)10-15)22(24(26,27)28)6-4-17-3-5-21(16(2)11-17)23(32)31-14-20-13-29-7-8-30-20/h3-13,22H,14H2,1-2H3,(H,31,32)/b6-4+. The van der Waals surface area contributed by atoms with Crippen LogP contribution in [-0.4, -0.2) is 22.1 Å². The van der Waals surface area contributed by atoms with Gasteiger partial charge in [-0.3, -0.25) is 14.8 Å². The quantitative estimate of drug-likeness (QED) is 0.489. The highest BCUT2D eigenvalue weighted by molar-refractivity contribution is 6.30. The van der Waals surface area contributed by atoms with E-state index in [9.17, 15) is 18.0 Å². The highest BCUT2D eigenvalue weighted by Crippen LogP contribution is 2.37. The van der Waals surface area contributed by atoms with E-state index in [-0.39, 0.29) is 23.0 Å². The Kier molecular flexibility index (Phi) is 7.30. The van der Waals surface area contributed by atoms with Gasteiger partial charge in [-0.1, -0.05) is 42.0 Å². The molecule has 32 heavy (non-hydrogen) atoms. The molecular formula is C24H21ClF3N3O. The SMILES string of the molecule is Cc1cc(Cl)cc(C(/C=C/c2ccc(C(=O)NCc3cnccn3)c(C)c2)C(F)(F)F)c1.